The summed E-state index contributed by atoms with van der Waals surface area (Å²) in [7, 11) is -3.58. The minimum Gasteiger partial charge on any atom is -0.426 e. The van der Waals surface area contributed by atoms with Gasteiger partial charge in [-0.1, -0.05) is 12.1 Å². The Morgan fingerprint density at radius 2 is 1.73 bits per heavy atom. The number of nitrogens with zero attached hydrogens (tertiary/aromatic N) is 1. The van der Waals surface area contributed by atoms with Crippen molar-refractivity contribution in [3.05, 3.63) is 59.2 Å². The minimum absolute atomic E-state index is 0.254. The number of esters is 1. The van der Waals surface area contributed by atoms with Crippen molar-refractivity contribution in [1.29, 1.82) is 0 Å². The first kappa shape index (κ1) is 20.6. The number of amides is 1. The van der Waals surface area contributed by atoms with E-state index in [9.17, 15) is 18.0 Å². The van der Waals surface area contributed by atoms with E-state index in [-0.39, 0.29) is 24.4 Å². The predicted molar refractivity (Wildman–Crippen MR) is 111 cm³/mol. The van der Waals surface area contributed by atoms with Crippen molar-refractivity contribution < 1.29 is 22.7 Å². The molecule has 0 bridgehead atoms. The molecule has 2 aromatic carbocycles. The zero-order chi connectivity index (χ0) is 21.3. The van der Waals surface area contributed by atoms with Gasteiger partial charge in [-0.25, -0.2) is 8.42 Å². The van der Waals surface area contributed by atoms with Crippen LogP contribution in [-0.4, -0.2) is 37.7 Å². The Balaban J connectivity index is 1.39. The molecular weight excluding hydrogens is 404 g/mol. The molecule has 1 saturated heterocycles. The molecule has 0 unspecified atom stereocenters. The maximum Gasteiger partial charge on any atom is 0.314 e. The van der Waals surface area contributed by atoms with E-state index in [2.05, 4.69) is 0 Å². The summed E-state index contributed by atoms with van der Waals surface area (Å²) in [5, 5.41) is 0. The fraction of sp³-hybridized carbons (Fsp3) is 0.364. The van der Waals surface area contributed by atoms with Crippen LogP contribution >= 0.6 is 0 Å². The highest BCUT2D eigenvalue weighted by Crippen LogP contribution is 2.29. The molecule has 1 fully saturated rings. The number of nitrogens with two attached hydrogens (primary N) is 1. The number of piperidine rings is 1. The number of rotatable bonds is 5. The fourth-order valence-corrected chi connectivity index (χ4v) is 5.62. The Hall–Kier alpha value is -2.71. The highest BCUT2D eigenvalue weighted by molar-refractivity contribution is 7.89. The van der Waals surface area contributed by atoms with E-state index in [1.54, 1.807) is 30.3 Å². The van der Waals surface area contributed by atoms with Crippen LogP contribution in [0.15, 0.2) is 47.4 Å². The molecule has 1 aliphatic heterocycles. The summed E-state index contributed by atoms with van der Waals surface area (Å²) >= 11 is 0. The Kier molecular flexibility index (Phi) is 5.62. The molecule has 30 heavy (non-hydrogen) atoms. The van der Waals surface area contributed by atoms with Crippen molar-refractivity contribution in [3.63, 3.8) is 0 Å². The average Bonchev–Trinajstić information content (AvgIpc) is 3.22. The van der Waals surface area contributed by atoms with Gasteiger partial charge in [0.1, 0.15) is 5.75 Å². The van der Waals surface area contributed by atoms with Gasteiger partial charge in [0, 0.05) is 18.7 Å². The van der Waals surface area contributed by atoms with Crippen LogP contribution in [0.1, 0.15) is 40.7 Å². The predicted octanol–water partition coefficient (Wildman–Crippen LogP) is 2.28. The van der Waals surface area contributed by atoms with Crippen LogP contribution in [-0.2, 0) is 27.7 Å². The van der Waals surface area contributed by atoms with Crippen LogP contribution in [0.25, 0.3) is 0 Å². The lowest BCUT2D eigenvalue weighted by atomic mass is 9.98. The van der Waals surface area contributed by atoms with Crippen LogP contribution < -0.4 is 10.5 Å². The van der Waals surface area contributed by atoms with E-state index in [1.807, 2.05) is 6.07 Å². The molecule has 2 N–H and O–H groups in total. The molecule has 158 valence electrons. The van der Waals surface area contributed by atoms with Crippen molar-refractivity contribution in [1.82, 2.24) is 4.31 Å². The number of aryl methyl sites for hydroxylation is 2. The summed E-state index contributed by atoms with van der Waals surface area (Å²) in [5.74, 6) is -1.16. The molecule has 0 radical (unpaired) electrons. The fourth-order valence-electron chi connectivity index (χ4n) is 4.10. The van der Waals surface area contributed by atoms with Crippen LogP contribution in [0.4, 0.5) is 0 Å². The number of primary amides is 1. The highest BCUT2D eigenvalue weighted by atomic mass is 32.2. The average molecular weight is 429 g/mol. The molecule has 4 rings (SSSR count). The van der Waals surface area contributed by atoms with Crippen LogP contribution in [0.5, 0.6) is 5.75 Å². The smallest absolute Gasteiger partial charge is 0.314 e. The van der Waals surface area contributed by atoms with E-state index in [0.29, 0.717) is 17.7 Å². The number of ether oxygens (including phenoxy) is 1. The van der Waals surface area contributed by atoms with Crippen molar-refractivity contribution in [2.45, 2.75) is 37.0 Å². The number of hydrogen-bond acceptors (Lipinski definition) is 5. The summed E-state index contributed by atoms with van der Waals surface area (Å²) in [6.07, 6.45) is 3.76. The molecule has 0 spiro atoms. The van der Waals surface area contributed by atoms with Gasteiger partial charge < -0.3 is 10.5 Å². The molecular formula is C22H24N2O5S. The van der Waals surface area contributed by atoms with Gasteiger partial charge in [-0.2, -0.15) is 4.31 Å². The number of carbonyl (C=O) groups is 2. The first-order chi connectivity index (χ1) is 14.3. The van der Waals surface area contributed by atoms with Crippen molar-refractivity contribution >= 4 is 21.9 Å². The summed E-state index contributed by atoms with van der Waals surface area (Å²) in [6, 6.07) is 11.5. The van der Waals surface area contributed by atoms with Crippen molar-refractivity contribution in [2.75, 3.05) is 13.1 Å². The summed E-state index contributed by atoms with van der Waals surface area (Å²) in [6.45, 7) is 0.529. The number of fused-ring (bicyclic) bond motifs is 1. The van der Waals surface area contributed by atoms with Gasteiger partial charge in [-0.3, -0.25) is 9.59 Å². The molecule has 1 heterocycles. The molecule has 1 amide bonds. The molecule has 8 heteroatoms. The van der Waals surface area contributed by atoms with Gasteiger partial charge >= 0.3 is 5.97 Å². The second-order valence-electron chi connectivity index (χ2n) is 7.78. The lowest BCUT2D eigenvalue weighted by Crippen LogP contribution is -2.41. The van der Waals surface area contributed by atoms with Crippen LogP contribution in [0.2, 0.25) is 0 Å². The SMILES string of the molecule is NC(=O)c1cccc(OC(=O)C2CCN(S(=O)(=O)c3ccc4c(c3)CCC4)CC2)c1. The maximum atomic E-state index is 13.0. The summed E-state index contributed by atoms with van der Waals surface area (Å²) in [4.78, 5) is 24.1. The third-order valence-electron chi connectivity index (χ3n) is 5.83. The Bertz CT molecular complexity index is 1090. The first-order valence-corrected chi connectivity index (χ1v) is 11.5. The maximum absolute atomic E-state index is 13.0. The zero-order valence-corrected chi connectivity index (χ0v) is 17.4. The molecule has 2 aliphatic rings. The van der Waals surface area contributed by atoms with Crippen molar-refractivity contribution in [2.24, 2.45) is 11.7 Å². The summed E-state index contributed by atoms with van der Waals surface area (Å²) < 4.78 is 32.9. The van der Waals surface area contributed by atoms with Crippen molar-refractivity contribution in [3.8, 4) is 5.75 Å². The van der Waals surface area contributed by atoms with E-state index in [1.165, 1.54) is 15.9 Å². The van der Waals surface area contributed by atoms with E-state index in [4.69, 9.17) is 10.5 Å². The largest absolute Gasteiger partial charge is 0.426 e. The van der Waals surface area contributed by atoms with E-state index < -0.39 is 27.8 Å². The number of carbonyl (C=O) groups excluding carboxylic acids is 2. The Morgan fingerprint density at radius 3 is 2.47 bits per heavy atom. The van der Waals surface area contributed by atoms with E-state index in [0.717, 1.165) is 24.8 Å². The molecule has 2 aromatic rings. The molecule has 1 aliphatic carbocycles. The monoisotopic (exact) mass is 428 g/mol. The second kappa shape index (κ2) is 8.20. The lowest BCUT2D eigenvalue weighted by Gasteiger charge is -2.30. The quantitative estimate of drug-likeness (QED) is 0.581. The first-order valence-electron chi connectivity index (χ1n) is 10.1. The third kappa shape index (κ3) is 4.11. The Labute approximate surface area is 175 Å². The Morgan fingerprint density at radius 1 is 1.00 bits per heavy atom. The van der Waals surface area contributed by atoms with Gasteiger partial charge in [0.25, 0.3) is 0 Å². The number of sulfonamides is 1. The zero-order valence-electron chi connectivity index (χ0n) is 16.5. The minimum atomic E-state index is -3.58. The number of hydrogen-bond donors (Lipinski definition) is 1. The molecule has 7 nitrogen and oxygen atoms in total. The normalized spacial score (nSPS) is 17.5. The molecule has 0 atom stereocenters. The summed E-state index contributed by atoms with van der Waals surface area (Å²) in [5.41, 5.74) is 7.86. The highest BCUT2D eigenvalue weighted by Gasteiger charge is 2.33. The van der Waals surface area contributed by atoms with Crippen LogP contribution in [0, 0.1) is 5.92 Å². The van der Waals surface area contributed by atoms with E-state index >= 15 is 0 Å². The topological polar surface area (TPSA) is 107 Å². The standard InChI is InChI=1S/C22H24N2O5S/c23-21(25)18-5-2-6-19(13-18)29-22(26)16-9-11-24(12-10-16)30(27,28)20-8-7-15-3-1-4-17(15)14-20/h2,5-8,13-14,16H,1,3-4,9-12H2,(H2,23,25). The second-order valence-corrected chi connectivity index (χ2v) is 9.71. The van der Waals surface area contributed by atoms with Gasteiger partial charge in [0.05, 0.1) is 10.8 Å². The van der Waals surface area contributed by atoms with Gasteiger partial charge in [0.2, 0.25) is 15.9 Å². The molecule has 0 aromatic heterocycles. The van der Waals surface area contributed by atoms with Gasteiger partial charge in [-0.05, 0) is 73.6 Å². The van der Waals surface area contributed by atoms with Gasteiger partial charge in [0.15, 0.2) is 0 Å². The molecule has 0 saturated carbocycles. The van der Waals surface area contributed by atoms with Crippen LogP contribution in [0.3, 0.4) is 0 Å². The number of benzene rings is 2. The van der Waals surface area contributed by atoms with Gasteiger partial charge in [-0.15, -0.1) is 0 Å². The third-order valence-corrected chi connectivity index (χ3v) is 7.73. The lowest BCUT2D eigenvalue weighted by molar-refractivity contribution is -0.140.